The Morgan fingerprint density at radius 3 is 2.42 bits per heavy atom. The molecule has 0 radical (unpaired) electrons. The van der Waals surface area contributed by atoms with E-state index in [9.17, 15) is 28.0 Å². The van der Waals surface area contributed by atoms with E-state index in [1.54, 1.807) is 6.92 Å². The Hall–Kier alpha value is -3.09. The van der Waals surface area contributed by atoms with Crippen molar-refractivity contribution < 1.29 is 32.5 Å². The van der Waals surface area contributed by atoms with Gasteiger partial charge in [-0.3, -0.25) is 19.2 Å². The van der Waals surface area contributed by atoms with Gasteiger partial charge in [-0.05, 0) is 32.6 Å². The monoisotopic (exact) mass is 510 g/mol. The van der Waals surface area contributed by atoms with Crippen LogP contribution in [0.5, 0.6) is 0 Å². The van der Waals surface area contributed by atoms with Gasteiger partial charge < -0.3 is 31.1 Å². The van der Waals surface area contributed by atoms with Gasteiger partial charge in [-0.25, -0.2) is 8.78 Å². The fraction of sp³-hybridized carbons (Fsp3) is 0.696. The SMILES string of the molecule is Cc1noc2c1C(=O)NC1(CCN(C3CCC(F)(F)CC3)CC1)CC(=O)N[C@H](C(N)=O)CC(=O)NC2. The number of nitrogens with one attached hydrogen (secondary N) is 3. The molecule has 0 unspecified atom stereocenters. The average Bonchev–Trinajstić information content (AvgIpc) is 3.18. The van der Waals surface area contributed by atoms with Crippen molar-refractivity contribution in [2.45, 2.75) is 88.4 Å². The molecular formula is C23H32F2N6O5. The van der Waals surface area contributed by atoms with Gasteiger partial charge in [0, 0.05) is 38.4 Å². The highest BCUT2D eigenvalue weighted by Gasteiger charge is 2.43. The number of hydrogen-bond acceptors (Lipinski definition) is 7. The topological polar surface area (TPSA) is 160 Å². The molecule has 1 atom stereocenters. The molecule has 13 heteroatoms. The molecule has 198 valence electrons. The number of likely N-dealkylation sites (tertiary alicyclic amines) is 1. The number of aromatic nitrogens is 1. The van der Waals surface area contributed by atoms with Crippen LogP contribution < -0.4 is 21.7 Å². The summed E-state index contributed by atoms with van der Waals surface area (Å²) in [4.78, 5) is 52.7. The molecule has 1 spiro atoms. The number of halogens is 2. The zero-order valence-corrected chi connectivity index (χ0v) is 20.2. The molecule has 1 aromatic heterocycles. The average molecular weight is 511 g/mol. The molecule has 5 N–H and O–H groups in total. The number of alkyl halides is 2. The Bertz CT molecular complexity index is 1030. The maximum absolute atomic E-state index is 13.6. The first-order valence-corrected chi connectivity index (χ1v) is 12.2. The van der Waals surface area contributed by atoms with Crippen molar-refractivity contribution in [1.29, 1.82) is 0 Å². The van der Waals surface area contributed by atoms with Crippen molar-refractivity contribution in [2.75, 3.05) is 13.1 Å². The molecule has 3 aliphatic rings. The van der Waals surface area contributed by atoms with Crippen molar-refractivity contribution >= 4 is 23.6 Å². The minimum atomic E-state index is -2.62. The molecule has 3 heterocycles. The van der Waals surface area contributed by atoms with E-state index in [0.29, 0.717) is 44.5 Å². The predicted octanol–water partition coefficient (Wildman–Crippen LogP) is 0.505. The van der Waals surface area contributed by atoms with Crippen LogP contribution in [0.3, 0.4) is 0 Å². The molecule has 1 aromatic rings. The fourth-order valence-corrected chi connectivity index (χ4v) is 5.40. The molecule has 4 rings (SSSR count). The van der Waals surface area contributed by atoms with Gasteiger partial charge >= 0.3 is 0 Å². The molecule has 2 aliphatic heterocycles. The number of nitrogens with two attached hydrogens (primary N) is 1. The first-order valence-electron chi connectivity index (χ1n) is 12.2. The van der Waals surface area contributed by atoms with E-state index >= 15 is 0 Å². The van der Waals surface area contributed by atoms with E-state index < -0.39 is 41.1 Å². The Balaban J connectivity index is 1.56. The summed E-state index contributed by atoms with van der Waals surface area (Å²) in [6, 6.07) is -1.18. The molecule has 0 bridgehead atoms. The summed E-state index contributed by atoms with van der Waals surface area (Å²) in [5, 5.41) is 11.9. The van der Waals surface area contributed by atoms with Crippen LogP contribution in [0.4, 0.5) is 8.78 Å². The van der Waals surface area contributed by atoms with Crippen molar-refractivity contribution in [3.63, 3.8) is 0 Å². The van der Waals surface area contributed by atoms with Gasteiger partial charge in [0.25, 0.3) is 5.91 Å². The van der Waals surface area contributed by atoms with Gasteiger partial charge in [-0.1, -0.05) is 5.16 Å². The van der Waals surface area contributed by atoms with Crippen LogP contribution in [0.1, 0.15) is 73.2 Å². The third-order valence-corrected chi connectivity index (χ3v) is 7.51. The lowest BCUT2D eigenvalue weighted by Crippen LogP contribution is -2.59. The second kappa shape index (κ2) is 10.1. The molecule has 4 amide bonds. The minimum Gasteiger partial charge on any atom is -0.368 e. The van der Waals surface area contributed by atoms with Crippen LogP contribution >= 0.6 is 0 Å². The summed E-state index contributed by atoms with van der Waals surface area (Å²) < 4.78 is 32.5. The third-order valence-electron chi connectivity index (χ3n) is 7.51. The fourth-order valence-electron chi connectivity index (χ4n) is 5.40. The van der Waals surface area contributed by atoms with Gasteiger partial charge in [0.15, 0.2) is 5.76 Å². The van der Waals surface area contributed by atoms with Crippen LogP contribution in [-0.2, 0) is 20.9 Å². The lowest BCUT2D eigenvalue weighted by Gasteiger charge is -2.46. The summed E-state index contributed by atoms with van der Waals surface area (Å²) in [6.45, 7) is 2.50. The normalized spacial score (nSPS) is 26.0. The maximum Gasteiger partial charge on any atom is 0.257 e. The Morgan fingerprint density at radius 2 is 1.78 bits per heavy atom. The number of primary amides is 1. The van der Waals surface area contributed by atoms with Crippen LogP contribution in [-0.4, -0.2) is 70.3 Å². The number of aryl methyl sites for hydroxylation is 1. The van der Waals surface area contributed by atoms with Gasteiger partial charge in [0.2, 0.25) is 23.6 Å². The van der Waals surface area contributed by atoms with Crippen molar-refractivity contribution in [2.24, 2.45) is 5.73 Å². The summed E-state index contributed by atoms with van der Waals surface area (Å²) in [7, 11) is 0. The lowest BCUT2D eigenvalue weighted by molar-refractivity contribution is -0.131. The molecule has 2 fully saturated rings. The van der Waals surface area contributed by atoms with E-state index in [2.05, 4.69) is 26.0 Å². The van der Waals surface area contributed by atoms with Gasteiger partial charge in [-0.2, -0.15) is 0 Å². The van der Waals surface area contributed by atoms with Crippen molar-refractivity contribution in [3.05, 3.63) is 17.0 Å². The number of hydrogen-bond donors (Lipinski definition) is 4. The molecule has 1 aliphatic carbocycles. The minimum absolute atomic E-state index is 0.0320. The number of carbonyl (C=O) groups is 4. The first-order chi connectivity index (χ1) is 17.0. The summed E-state index contributed by atoms with van der Waals surface area (Å²) in [5.41, 5.74) is 4.96. The second-order valence-corrected chi connectivity index (χ2v) is 10.1. The van der Waals surface area contributed by atoms with E-state index in [4.69, 9.17) is 10.3 Å². The molecular weight excluding hydrogens is 478 g/mol. The predicted molar refractivity (Wildman–Crippen MR) is 122 cm³/mol. The van der Waals surface area contributed by atoms with E-state index in [-0.39, 0.29) is 49.6 Å². The summed E-state index contributed by atoms with van der Waals surface area (Å²) in [6.07, 6.45) is 0.811. The van der Waals surface area contributed by atoms with Crippen LogP contribution in [0.2, 0.25) is 0 Å². The third kappa shape index (κ3) is 5.82. The highest BCUT2D eigenvalue weighted by molar-refractivity contribution is 5.97. The molecule has 36 heavy (non-hydrogen) atoms. The summed E-state index contributed by atoms with van der Waals surface area (Å²) >= 11 is 0. The van der Waals surface area contributed by atoms with Crippen molar-refractivity contribution in [3.8, 4) is 0 Å². The Morgan fingerprint density at radius 1 is 1.11 bits per heavy atom. The first kappa shape index (κ1) is 26.0. The Kier molecular flexibility index (Phi) is 7.30. The smallest absolute Gasteiger partial charge is 0.257 e. The van der Waals surface area contributed by atoms with Crippen LogP contribution in [0, 0.1) is 6.92 Å². The largest absolute Gasteiger partial charge is 0.368 e. The van der Waals surface area contributed by atoms with E-state index in [0.717, 1.165) is 0 Å². The summed E-state index contributed by atoms with van der Waals surface area (Å²) in [5.74, 6) is -4.89. The second-order valence-electron chi connectivity index (χ2n) is 10.1. The van der Waals surface area contributed by atoms with Gasteiger partial charge in [0.1, 0.15) is 11.6 Å². The van der Waals surface area contributed by atoms with E-state index in [1.165, 1.54) is 0 Å². The van der Waals surface area contributed by atoms with Crippen LogP contribution in [0.25, 0.3) is 0 Å². The number of amides is 4. The number of nitrogens with zero attached hydrogens (tertiary/aromatic N) is 2. The number of rotatable bonds is 2. The molecule has 1 saturated heterocycles. The molecule has 11 nitrogen and oxygen atoms in total. The zero-order valence-electron chi connectivity index (χ0n) is 20.2. The number of fused-ring (bicyclic) bond motifs is 1. The lowest BCUT2D eigenvalue weighted by atomic mass is 9.81. The van der Waals surface area contributed by atoms with Gasteiger partial charge in [-0.15, -0.1) is 0 Å². The van der Waals surface area contributed by atoms with E-state index in [1.807, 2.05) is 0 Å². The highest BCUT2D eigenvalue weighted by atomic mass is 19.3. The van der Waals surface area contributed by atoms with Crippen molar-refractivity contribution in [1.82, 2.24) is 26.0 Å². The Labute approximate surface area is 206 Å². The quantitative estimate of drug-likeness (QED) is 0.451. The van der Waals surface area contributed by atoms with Gasteiger partial charge in [0.05, 0.1) is 24.2 Å². The zero-order chi connectivity index (χ0) is 26.1. The molecule has 1 saturated carbocycles. The number of carbonyl (C=O) groups excluding carboxylic acids is 4. The van der Waals surface area contributed by atoms with Crippen LogP contribution in [0.15, 0.2) is 4.52 Å². The maximum atomic E-state index is 13.6. The molecule has 0 aromatic carbocycles. The highest BCUT2D eigenvalue weighted by Crippen LogP contribution is 2.37. The standard InChI is InChI=1S/C23H32F2N6O5/c1-13-19-16(36-30-13)12-27-17(32)10-15(20(26)34)28-18(33)11-22(29-21(19)35)6-8-31(9-7-22)14-2-4-23(24,25)5-3-14/h14-15H,2-12H2,1H3,(H2,26,34)(H,27,32)(H,28,33)(H,29,35)/t15-/m0/s1. The number of piperidine rings is 1.